The standard InChI is InChI=1S/C20H24F3NO3/c1-5-24-13(4)18(19(26)27-11-12(2)3)15(10-17(24)25)14-8-6-7-9-16(14)20(21,22)23/h6-9,12,15H,5,10-11H2,1-4H3/t15-/m0/s1. The lowest BCUT2D eigenvalue weighted by molar-refractivity contribution is -0.143. The van der Waals surface area contributed by atoms with Crippen molar-refractivity contribution in [3.63, 3.8) is 0 Å². The smallest absolute Gasteiger partial charge is 0.416 e. The van der Waals surface area contributed by atoms with E-state index in [-0.39, 0.29) is 36.0 Å². The zero-order chi connectivity index (χ0) is 20.4. The Labute approximate surface area is 157 Å². The Kier molecular flexibility index (Phi) is 6.34. The highest BCUT2D eigenvalue weighted by Gasteiger charge is 2.41. The van der Waals surface area contributed by atoms with Crippen LogP contribution in [0.5, 0.6) is 0 Å². The molecule has 7 heteroatoms. The molecule has 1 amide bonds. The SMILES string of the molecule is CCN1C(=O)C[C@@H](c2ccccc2C(F)(F)F)C(C(=O)OCC(C)C)=C1C. The summed E-state index contributed by atoms with van der Waals surface area (Å²) in [6.07, 6.45) is -4.78. The molecule has 1 aliphatic rings. The Bertz CT molecular complexity index is 753. The highest BCUT2D eigenvalue weighted by molar-refractivity contribution is 5.96. The number of nitrogens with zero attached hydrogens (tertiary/aromatic N) is 1. The third kappa shape index (κ3) is 4.51. The van der Waals surface area contributed by atoms with Crippen molar-refractivity contribution in [1.29, 1.82) is 0 Å². The summed E-state index contributed by atoms with van der Waals surface area (Å²) in [7, 11) is 0. The van der Waals surface area contributed by atoms with Crippen LogP contribution in [0.2, 0.25) is 0 Å². The monoisotopic (exact) mass is 383 g/mol. The van der Waals surface area contributed by atoms with Crippen LogP contribution in [0.1, 0.15) is 51.2 Å². The minimum atomic E-state index is -4.58. The molecule has 0 aromatic heterocycles. The van der Waals surface area contributed by atoms with Crippen molar-refractivity contribution in [3.8, 4) is 0 Å². The number of alkyl halides is 3. The molecule has 1 aliphatic heterocycles. The largest absolute Gasteiger partial charge is 0.462 e. The Morgan fingerprint density at radius 3 is 2.48 bits per heavy atom. The number of hydrogen-bond acceptors (Lipinski definition) is 3. The molecule has 0 saturated heterocycles. The summed E-state index contributed by atoms with van der Waals surface area (Å²) in [6.45, 7) is 7.56. The summed E-state index contributed by atoms with van der Waals surface area (Å²) in [5.74, 6) is -1.88. The first-order valence-electron chi connectivity index (χ1n) is 8.92. The van der Waals surface area contributed by atoms with E-state index in [1.807, 2.05) is 13.8 Å². The van der Waals surface area contributed by atoms with Crippen molar-refractivity contribution in [2.24, 2.45) is 5.92 Å². The van der Waals surface area contributed by atoms with E-state index in [1.54, 1.807) is 13.8 Å². The minimum absolute atomic E-state index is 0.0787. The molecular formula is C20H24F3NO3. The molecule has 27 heavy (non-hydrogen) atoms. The fourth-order valence-corrected chi connectivity index (χ4v) is 3.32. The molecule has 1 aromatic rings. The van der Waals surface area contributed by atoms with Crippen molar-refractivity contribution in [3.05, 3.63) is 46.7 Å². The first-order chi connectivity index (χ1) is 12.6. The van der Waals surface area contributed by atoms with Gasteiger partial charge in [-0.05, 0) is 31.4 Å². The van der Waals surface area contributed by atoms with E-state index in [2.05, 4.69) is 0 Å². The van der Waals surface area contributed by atoms with Gasteiger partial charge in [-0.3, -0.25) is 4.79 Å². The van der Waals surface area contributed by atoms with Gasteiger partial charge in [-0.15, -0.1) is 0 Å². The molecular weight excluding hydrogens is 359 g/mol. The average Bonchev–Trinajstić information content (AvgIpc) is 2.58. The van der Waals surface area contributed by atoms with Crippen LogP contribution >= 0.6 is 0 Å². The molecule has 1 heterocycles. The summed E-state index contributed by atoms with van der Waals surface area (Å²) in [5, 5.41) is 0. The predicted molar refractivity (Wildman–Crippen MR) is 94.7 cm³/mol. The summed E-state index contributed by atoms with van der Waals surface area (Å²) < 4.78 is 45.8. The van der Waals surface area contributed by atoms with E-state index in [1.165, 1.54) is 23.1 Å². The van der Waals surface area contributed by atoms with Gasteiger partial charge in [0.25, 0.3) is 0 Å². The molecule has 0 radical (unpaired) electrons. The van der Waals surface area contributed by atoms with E-state index in [4.69, 9.17) is 4.74 Å². The second kappa shape index (κ2) is 8.15. The maximum atomic E-state index is 13.5. The third-order valence-corrected chi connectivity index (χ3v) is 4.55. The summed E-state index contributed by atoms with van der Waals surface area (Å²) >= 11 is 0. The normalized spacial score (nSPS) is 18.3. The van der Waals surface area contributed by atoms with Gasteiger partial charge in [-0.1, -0.05) is 32.0 Å². The molecule has 1 aromatic carbocycles. The summed E-state index contributed by atoms with van der Waals surface area (Å²) in [6, 6.07) is 5.07. The highest BCUT2D eigenvalue weighted by Crippen LogP contribution is 2.42. The Morgan fingerprint density at radius 1 is 1.30 bits per heavy atom. The number of carbonyl (C=O) groups excluding carboxylic acids is 2. The topological polar surface area (TPSA) is 46.6 Å². The predicted octanol–water partition coefficient (Wildman–Crippen LogP) is 4.51. The lowest BCUT2D eigenvalue weighted by Gasteiger charge is -2.34. The first-order valence-corrected chi connectivity index (χ1v) is 8.92. The number of rotatable bonds is 5. The Balaban J connectivity index is 2.58. The van der Waals surface area contributed by atoms with Gasteiger partial charge in [0.1, 0.15) is 0 Å². The van der Waals surface area contributed by atoms with E-state index >= 15 is 0 Å². The van der Waals surface area contributed by atoms with Crippen LogP contribution in [-0.4, -0.2) is 29.9 Å². The zero-order valence-electron chi connectivity index (χ0n) is 15.9. The molecule has 0 saturated carbocycles. The molecule has 148 valence electrons. The Hall–Kier alpha value is -2.31. The van der Waals surface area contributed by atoms with Crippen LogP contribution in [-0.2, 0) is 20.5 Å². The van der Waals surface area contributed by atoms with Crippen LogP contribution in [0.4, 0.5) is 13.2 Å². The van der Waals surface area contributed by atoms with Gasteiger partial charge in [0.2, 0.25) is 5.91 Å². The second-order valence-electron chi connectivity index (χ2n) is 6.97. The van der Waals surface area contributed by atoms with Gasteiger partial charge in [0.05, 0.1) is 17.7 Å². The third-order valence-electron chi connectivity index (χ3n) is 4.55. The van der Waals surface area contributed by atoms with Gasteiger partial charge in [0.15, 0.2) is 0 Å². The van der Waals surface area contributed by atoms with Crippen LogP contribution < -0.4 is 0 Å². The van der Waals surface area contributed by atoms with E-state index in [0.717, 1.165) is 6.07 Å². The maximum absolute atomic E-state index is 13.5. The fraction of sp³-hybridized carbons (Fsp3) is 0.500. The van der Waals surface area contributed by atoms with Gasteiger partial charge in [-0.2, -0.15) is 13.2 Å². The number of ether oxygens (including phenoxy) is 1. The van der Waals surface area contributed by atoms with Crippen LogP contribution in [0.3, 0.4) is 0 Å². The molecule has 0 spiro atoms. The van der Waals surface area contributed by atoms with Gasteiger partial charge in [-0.25, -0.2) is 4.79 Å². The van der Waals surface area contributed by atoms with Crippen LogP contribution in [0.15, 0.2) is 35.5 Å². The quantitative estimate of drug-likeness (QED) is 0.703. The molecule has 2 rings (SSSR count). The van der Waals surface area contributed by atoms with E-state index in [0.29, 0.717) is 12.2 Å². The van der Waals surface area contributed by atoms with Crippen LogP contribution in [0, 0.1) is 5.92 Å². The first kappa shape index (κ1) is 21.0. The number of allylic oxidation sites excluding steroid dienone is 1. The number of carbonyl (C=O) groups is 2. The van der Waals surface area contributed by atoms with Crippen molar-refractivity contribution < 1.29 is 27.5 Å². The average molecular weight is 383 g/mol. The number of esters is 1. The number of amides is 1. The molecule has 0 unspecified atom stereocenters. The fourth-order valence-electron chi connectivity index (χ4n) is 3.32. The number of hydrogen-bond donors (Lipinski definition) is 0. The van der Waals surface area contributed by atoms with E-state index in [9.17, 15) is 22.8 Å². The van der Waals surface area contributed by atoms with Crippen molar-refractivity contribution in [1.82, 2.24) is 4.90 Å². The summed E-state index contributed by atoms with van der Waals surface area (Å²) in [5.41, 5.74) is -0.446. The second-order valence-corrected chi connectivity index (χ2v) is 6.97. The lowest BCUT2D eigenvalue weighted by atomic mass is 9.81. The van der Waals surface area contributed by atoms with Crippen molar-refractivity contribution in [2.75, 3.05) is 13.2 Å². The van der Waals surface area contributed by atoms with Crippen molar-refractivity contribution >= 4 is 11.9 Å². The zero-order valence-corrected chi connectivity index (χ0v) is 15.9. The number of benzene rings is 1. The van der Waals surface area contributed by atoms with Crippen LogP contribution in [0.25, 0.3) is 0 Å². The minimum Gasteiger partial charge on any atom is -0.462 e. The lowest BCUT2D eigenvalue weighted by Crippen LogP contribution is -2.38. The number of halogens is 3. The molecule has 0 aliphatic carbocycles. The maximum Gasteiger partial charge on any atom is 0.416 e. The Morgan fingerprint density at radius 2 is 1.93 bits per heavy atom. The van der Waals surface area contributed by atoms with Gasteiger partial charge >= 0.3 is 12.1 Å². The molecule has 0 fully saturated rings. The molecule has 0 bridgehead atoms. The highest BCUT2D eigenvalue weighted by atomic mass is 19.4. The van der Waals surface area contributed by atoms with Gasteiger partial charge in [0, 0.05) is 24.6 Å². The molecule has 4 nitrogen and oxygen atoms in total. The summed E-state index contributed by atoms with van der Waals surface area (Å²) in [4.78, 5) is 26.6. The molecule has 1 atom stereocenters. The van der Waals surface area contributed by atoms with E-state index < -0.39 is 23.6 Å². The molecule has 0 N–H and O–H groups in total. The van der Waals surface area contributed by atoms with Crippen molar-refractivity contribution in [2.45, 2.75) is 46.2 Å². The van der Waals surface area contributed by atoms with Gasteiger partial charge < -0.3 is 9.64 Å².